The molecule has 0 spiro atoms. The number of hydrogen-bond acceptors (Lipinski definition) is 7. The van der Waals surface area contributed by atoms with Crippen LogP contribution in [0.5, 0.6) is 0 Å². The van der Waals surface area contributed by atoms with Crippen molar-refractivity contribution in [3.05, 3.63) is 0 Å². The summed E-state index contributed by atoms with van der Waals surface area (Å²) in [5.41, 5.74) is 0. The van der Waals surface area contributed by atoms with Crippen LogP contribution in [-0.4, -0.2) is 49.8 Å². The van der Waals surface area contributed by atoms with Crippen LogP contribution in [0.25, 0.3) is 0 Å². The van der Waals surface area contributed by atoms with E-state index in [0.717, 1.165) is 19.3 Å². The van der Waals surface area contributed by atoms with Gasteiger partial charge in [-0.1, -0.05) is 6.42 Å². The molecule has 1 unspecified atom stereocenters. The maximum atomic E-state index is 12.0. The number of nitrogens with zero attached hydrogens (tertiary/aromatic N) is 2. The zero-order valence-corrected chi connectivity index (χ0v) is 19.1. The second-order valence-corrected chi connectivity index (χ2v) is 10.5. The SMILES string of the molecule is COP(=O)(CCCC[C@H](C)OP(OCCC#N)N(C(C)C)C(C)C)OC. The Balaban J connectivity index is 4.59. The standard InChI is InChI=1S/C17H36N2O5P2/c1-15(2)19(16(3)4)25(23-13-10-12-18)24-17(5)11-8-9-14-26(20,21-6)22-7/h15-17H,8-11,13-14H2,1-7H3/t17-,25?/m0/s1. The fourth-order valence-electron chi connectivity index (χ4n) is 2.50. The minimum absolute atomic E-state index is 0.00710. The van der Waals surface area contributed by atoms with Crippen molar-refractivity contribution in [1.29, 1.82) is 5.26 Å². The maximum absolute atomic E-state index is 12.0. The third kappa shape index (κ3) is 10.3. The van der Waals surface area contributed by atoms with Crippen LogP contribution in [0.15, 0.2) is 0 Å². The molecular formula is C17H36N2O5P2. The maximum Gasteiger partial charge on any atom is 0.330 e. The molecule has 0 aliphatic rings. The van der Waals surface area contributed by atoms with Crippen molar-refractivity contribution < 1.29 is 22.7 Å². The Morgan fingerprint density at radius 1 is 1.08 bits per heavy atom. The van der Waals surface area contributed by atoms with Crippen LogP contribution in [0.4, 0.5) is 0 Å². The molecule has 0 saturated heterocycles. The van der Waals surface area contributed by atoms with Crippen LogP contribution in [0.1, 0.15) is 60.3 Å². The highest BCUT2D eigenvalue weighted by Gasteiger charge is 2.28. The van der Waals surface area contributed by atoms with Gasteiger partial charge in [0.05, 0.1) is 31.4 Å². The van der Waals surface area contributed by atoms with Gasteiger partial charge in [0.1, 0.15) is 0 Å². The lowest BCUT2D eigenvalue weighted by atomic mass is 10.2. The topological polar surface area (TPSA) is 81.0 Å². The highest BCUT2D eigenvalue weighted by Crippen LogP contribution is 2.48. The average molecular weight is 410 g/mol. The highest BCUT2D eigenvalue weighted by molar-refractivity contribution is 7.53. The van der Waals surface area contributed by atoms with Gasteiger partial charge in [0, 0.05) is 26.3 Å². The van der Waals surface area contributed by atoms with E-state index in [1.807, 2.05) is 6.92 Å². The fourth-order valence-corrected chi connectivity index (χ4v) is 5.34. The van der Waals surface area contributed by atoms with Crippen molar-refractivity contribution in [3.8, 4) is 6.07 Å². The van der Waals surface area contributed by atoms with Crippen molar-refractivity contribution >= 4 is 16.1 Å². The minimum Gasteiger partial charge on any atom is -0.321 e. The second-order valence-electron chi connectivity index (χ2n) is 6.66. The molecule has 0 aromatic carbocycles. The smallest absolute Gasteiger partial charge is 0.321 e. The molecular weight excluding hydrogens is 374 g/mol. The highest BCUT2D eigenvalue weighted by atomic mass is 31.2. The van der Waals surface area contributed by atoms with E-state index in [1.54, 1.807) is 0 Å². The lowest BCUT2D eigenvalue weighted by Gasteiger charge is -2.36. The van der Waals surface area contributed by atoms with Crippen LogP contribution in [0.2, 0.25) is 0 Å². The summed E-state index contributed by atoms with van der Waals surface area (Å²) in [5.74, 6) is 0. The van der Waals surface area contributed by atoms with E-state index in [9.17, 15) is 4.57 Å². The third-order valence-electron chi connectivity index (χ3n) is 3.78. The Kier molecular flexibility index (Phi) is 14.0. The lowest BCUT2D eigenvalue weighted by molar-refractivity contribution is 0.135. The molecule has 0 saturated carbocycles. The van der Waals surface area contributed by atoms with Crippen molar-refractivity contribution in [2.45, 2.75) is 78.5 Å². The first-order valence-corrected chi connectivity index (χ1v) is 12.0. The normalized spacial score (nSPS) is 14.8. The average Bonchev–Trinajstić information content (AvgIpc) is 2.58. The molecule has 154 valence electrons. The predicted octanol–water partition coefficient (Wildman–Crippen LogP) is 5.32. The van der Waals surface area contributed by atoms with E-state index in [0.29, 0.717) is 19.2 Å². The van der Waals surface area contributed by atoms with Gasteiger partial charge in [-0.2, -0.15) is 5.26 Å². The van der Waals surface area contributed by atoms with E-state index in [4.69, 9.17) is 23.4 Å². The molecule has 0 aliphatic heterocycles. The summed E-state index contributed by atoms with van der Waals surface area (Å²) in [7, 11) is -1.33. The van der Waals surface area contributed by atoms with Gasteiger partial charge in [0.25, 0.3) is 8.53 Å². The van der Waals surface area contributed by atoms with Gasteiger partial charge in [-0.25, -0.2) is 4.67 Å². The summed E-state index contributed by atoms with van der Waals surface area (Å²) in [4.78, 5) is 0. The molecule has 0 aliphatic carbocycles. The summed E-state index contributed by atoms with van der Waals surface area (Å²) in [6.07, 6.45) is 3.21. The van der Waals surface area contributed by atoms with E-state index >= 15 is 0 Å². The second kappa shape index (κ2) is 14.0. The van der Waals surface area contributed by atoms with Crippen LogP contribution in [0, 0.1) is 11.3 Å². The molecule has 0 aromatic rings. The van der Waals surface area contributed by atoms with Gasteiger partial charge < -0.3 is 18.1 Å². The molecule has 0 rings (SSSR count). The van der Waals surface area contributed by atoms with E-state index < -0.39 is 16.1 Å². The monoisotopic (exact) mass is 410 g/mol. The summed E-state index contributed by atoms with van der Waals surface area (Å²) < 4.78 is 36.2. The fraction of sp³-hybridized carbons (Fsp3) is 0.941. The molecule has 7 nitrogen and oxygen atoms in total. The molecule has 0 amide bonds. The van der Waals surface area contributed by atoms with Crippen molar-refractivity contribution in [2.75, 3.05) is 27.0 Å². The van der Waals surface area contributed by atoms with Gasteiger partial charge in [0.15, 0.2) is 0 Å². The zero-order valence-electron chi connectivity index (χ0n) is 17.3. The van der Waals surface area contributed by atoms with Gasteiger partial charge in [-0.05, 0) is 47.5 Å². The Labute approximate surface area is 160 Å². The lowest BCUT2D eigenvalue weighted by Crippen LogP contribution is -2.34. The Morgan fingerprint density at radius 3 is 2.12 bits per heavy atom. The van der Waals surface area contributed by atoms with Crippen LogP contribution in [0.3, 0.4) is 0 Å². The molecule has 0 fully saturated rings. The van der Waals surface area contributed by atoms with Gasteiger partial charge in [-0.15, -0.1) is 0 Å². The Morgan fingerprint density at radius 2 is 1.65 bits per heavy atom. The number of rotatable bonds is 15. The summed E-state index contributed by atoms with van der Waals surface area (Å²) in [6.45, 7) is 10.9. The Bertz CT molecular complexity index is 441. The first kappa shape index (κ1) is 26.0. The summed E-state index contributed by atoms with van der Waals surface area (Å²) in [5, 5.41) is 8.75. The van der Waals surface area contributed by atoms with Crippen LogP contribution >= 0.6 is 16.1 Å². The van der Waals surface area contributed by atoms with Gasteiger partial charge in [-0.3, -0.25) is 4.57 Å². The molecule has 2 atom stereocenters. The number of unbranched alkanes of at least 4 members (excludes halogenated alkanes) is 1. The predicted molar refractivity (Wildman–Crippen MR) is 106 cm³/mol. The molecule has 0 heterocycles. The quantitative estimate of drug-likeness (QED) is 0.267. The number of nitriles is 1. The zero-order chi connectivity index (χ0) is 20.2. The first-order chi connectivity index (χ1) is 12.2. The van der Waals surface area contributed by atoms with Crippen LogP contribution < -0.4 is 0 Å². The molecule has 0 aromatic heterocycles. The largest absolute Gasteiger partial charge is 0.330 e. The number of hydrogen-bond donors (Lipinski definition) is 0. The van der Waals surface area contributed by atoms with Gasteiger partial charge in [0.2, 0.25) is 0 Å². The van der Waals surface area contributed by atoms with E-state index in [2.05, 4.69) is 38.4 Å². The van der Waals surface area contributed by atoms with Crippen molar-refractivity contribution in [3.63, 3.8) is 0 Å². The summed E-state index contributed by atoms with van der Waals surface area (Å²) in [6, 6.07) is 2.67. The van der Waals surface area contributed by atoms with E-state index in [1.165, 1.54) is 14.2 Å². The molecule has 0 N–H and O–H groups in total. The van der Waals surface area contributed by atoms with Gasteiger partial charge >= 0.3 is 7.60 Å². The van der Waals surface area contributed by atoms with Crippen molar-refractivity contribution in [2.24, 2.45) is 0 Å². The Hall–Kier alpha value is -0.0500. The molecule has 0 bridgehead atoms. The summed E-state index contributed by atoms with van der Waals surface area (Å²) >= 11 is 0. The van der Waals surface area contributed by atoms with E-state index in [-0.39, 0.29) is 18.2 Å². The first-order valence-electron chi connectivity index (χ1n) is 9.16. The molecule has 26 heavy (non-hydrogen) atoms. The van der Waals surface area contributed by atoms with Crippen molar-refractivity contribution in [1.82, 2.24) is 4.67 Å². The minimum atomic E-state index is -2.93. The third-order valence-corrected chi connectivity index (χ3v) is 8.00. The van der Waals surface area contributed by atoms with Crippen LogP contribution in [-0.2, 0) is 22.7 Å². The molecule has 9 heteroatoms. The molecule has 0 radical (unpaired) electrons.